The standard InChI is InChI=1S/C16H23NO2/c1-5-7-13(18-4)15(17-3)14-10-12-9-6-8-11(2)16(12)19-14/h6,8-10,13,15,17H,5,7H2,1-4H3. The number of furan rings is 1. The van der Waals surface area contributed by atoms with E-state index in [1.807, 2.05) is 7.05 Å². The molecule has 0 aliphatic heterocycles. The first-order chi connectivity index (χ1) is 9.21. The molecule has 1 heterocycles. The molecule has 1 N–H and O–H groups in total. The maximum atomic E-state index is 6.04. The highest BCUT2D eigenvalue weighted by Gasteiger charge is 2.24. The Balaban J connectivity index is 2.37. The zero-order valence-corrected chi connectivity index (χ0v) is 12.2. The third-order valence-corrected chi connectivity index (χ3v) is 3.63. The summed E-state index contributed by atoms with van der Waals surface area (Å²) in [6.45, 7) is 4.24. The Morgan fingerprint density at radius 3 is 2.74 bits per heavy atom. The molecule has 0 aliphatic rings. The predicted octanol–water partition coefficient (Wildman–Crippen LogP) is 3.82. The molecule has 0 radical (unpaired) electrons. The van der Waals surface area contributed by atoms with E-state index in [1.54, 1.807) is 7.11 Å². The van der Waals surface area contributed by atoms with Crippen LogP contribution >= 0.6 is 0 Å². The average molecular weight is 261 g/mol. The number of rotatable bonds is 6. The lowest BCUT2D eigenvalue weighted by molar-refractivity contribution is 0.0567. The van der Waals surface area contributed by atoms with E-state index in [0.717, 1.165) is 29.6 Å². The van der Waals surface area contributed by atoms with Gasteiger partial charge >= 0.3 is 0 Å². The molecule has 3 nitrogen and oxygen atoms in total. The van der Waals surface area contributed by atoms with E-state index >= 15 is 0 Å². The molecule has 1 aromatic heterocycles. The maximum absolute atomic E-state index is 6.04. The van der Waals surface area contributed by atoms with Crippen LogP contribution in [-0.2, 0) is 4.74 Å². The number of nitrogens with one attached hydrogen (secondary N) is 1. The molecule has 0 aliphatic carbocycles. The fourth-order valence-electron chi connectivity index (χ4n) is 2.60. The molecule has 0 amide bonds. The number of hydrogen-bond acceptors (Lipinski definition) is 3. The lowest BCUT2D eigenvalue weighted by Gasteiger charge is -2.23. The van der Waals surface area contributed by atoms with Crippen molar-refractivity contribution in [3.8, 4) is 0 Å². The van der Waals surface area contributed by atoms with Crippen LogP contribution in [0, 0.1) is 6.92 Å². The second-order valence-electron chi connectivity index (χ2n) is 4.97. The highest BCUT2D eigenvalue weighted by atomic mass is 16.5. The zero-order chi connectivity index (χ0) is 13.8. The van der Waals surface area contributed by atoms with Crippen molar-refractivity contribution in [3.05, 3.63) is 35.6 Å². The van der Waals surface area contributed by atoms with E-state index in [2.05, 4.69) is 43.4 Å². The molecular weight excluding hydrogens is 238 g/mol. The molecule has 104 valence electrons. The van der Waals surface area contributed by atoms with Crippen LogP contribution in [0.25, 0.3) is 11.0 Å². The Hall–Kier alpha value is -1.32. The van der Waals surface area contributed by atoms with Crippen molar-refractivity contribution in [3.63, 3.8) is 0 Å². The highest BCUT2D eigenvalue weighted by Crippen LogP contribution is 2.29. The van der Waals surface area contributed by atoms with Crippen LogP contribution in [0.5, 0.6) is 0 Å². The fraction of sp³-hybridized carbons (Fsp3) is 0.500. The zero-order valence-electron chi connectivity index (χ0n) is 12.2. The summed E-state index contributed by atoms with van der Waals surface area (Å²) in [5.74, 6) is 0.951. The minimum absolute atomic E-state index is 0.0942. The number of benzene rings is 1. The van der Waals surface area contributed by atoms with Crippen LogP contribution in [0.1, 0.15) is 37.1 Å². The van der Waals surface area contributed by atoms with E-state index in [0.29, 0.717) is 0 Å². The smallest absolute Gasteiger partial charge is 0.137 e. The summed E-state index contributed by atoms with van der Waals surface area (Å²) in [5.41, 5.74) is 2.15. The third-order valence-electron chi connectivity index (χ3n) is 3.63. The second-order valence-corrected chi connectivity index (χ2v) is 4.97. The molecular formula is C16H23NO2. The molecule has 1 aromatic carbocycles. The van der Waals surface area contributed by atoms with Gasteiger partial charge in [-0.3, -0.25) is 0 Å². The molecule has 19 heavy (non-hydrogen) atoms. The van der Waals surface area contributed by atoms with Gasteiger partial charge in [0.2, 0.25) is 0 Å². The number of hydrogen-bond donors (Lipinski definition) is 1. The summed E-state index contributed by atoms with van der Waals surface area (Å²) in [6.07, 6.45) is 2.24. The topological polar surface area (TPSA) is 34.4 Å². The average Bonchev–Trinajstić information content (AvgIpc) is 2.84. The Bertz CT molecular complexity index is 533. The molecule has 0 saturated carbocycles. The van der Waals surface area contributed by atoms with E-state index in [4.69, 9.17) is 9.15 Å². The summed E-state index contributed by atoms with van der Waals surface area (Å²) in [7, 11) is 3.71. The van der Waals surface area contributed by atoms with E-state index < -0.39 is 0 Å². The van der Waals surface area contributed by atoms with Crippen LogP contribution in [0.4, 0.5) is 0 Å². The molecule has 2 unspecified atom stereocenters. The van der Waals surface area contributed by atoms with Crippen LogP contribution in [0.3, 0.4) is 0 Å². The minimum atomic E-state index is 0.0942. The van der Waals surface area contributed by atoms with E-state index in [9.17, 15) is 0 Å². The Labute approximate surface area is 114 Å². The van der Waals surface area contributed by atoms with Crippen molar-refractivity contribution in [1.82, 2.24) is 5.32 Å². The normalized spacial score (nSPS) is 14.7. The molecule has 0 spiro atoms. The van der Waals surface area contributed by atoms with Gasteiger partial charge in [0.25, 0.3) is 0 Å². The number of likely N-dealkylation sites (N-methyl/N-ethyl adjacent to an activating group) is 1. The molecule has 0 fully saturated rings. The summed E-state index contributed by atoms with van der Waals surface area (Å²) in [6, 6.07) is 8.43. The van der Waals surface area contributed by atoms with Crippen molar-refractivity contribution in [2.24, 2.45) is 0 Å². The molecule has 0 saturated heterocycles. The Morgan fingerprint density at radius 1 is 1.37 bits per heavy atom. The fourth-order valence-corrected chi connectivity index (χ4v) is 2.60. The van der Waals surface area contributed by atoms with Crippen molar-refractivity contribution in [2.45, 2.75) is 38.8 Å². The third kappa shape index (κ3) is 2.82. The minimum Gasteiger partial charge on any atom is -0.459 e. The van der Waals surface area contributed by atoms with Gasteiger partial charge in [0, 0.05) is 12.5 Å². The summed E-state index contributed by atoms with van der Waals surface area (Å²) >= 11 is 0. The van der Waals surface area contributed by atoms with Gasteiger partial charge in [-0.25, -0.2) is 0 Å². The summed E-state index contributed by atoms with van der Waals surface area (Å²) in [5, 5.41) is 4.47. The largest absolute Gasteiger partial charge is 0.459 e. The number of ether oxygens (including phenoxy) is 1. The number of fused-ring (bicyclic) bond motifs is 1. The van der Waals surface area contributed by atoms with Crippen LogP contribution in [0.2, 0.25) is 0 Å². The van der Waals surface area contributed by atoms with Gasteiger partial charge in [0.1, 0.15) is 11.3 Å². The Morgan fingerprint density at radius 2 is 2.16 bits per heavy atom. The van der Waals surface area contributed by atoms with E-state index in [-0.39, 0.29) is 12.1 Å². The van der Waals surface area contributed by atoms with Crippen LogP contribution in [-0.4, -0.2) is 20.3 Å². The van der Waals surface area contributed by atoms with Crippen LogP contribution < -0.4 is 5.32 Å². The van der Waals surface area contributed by atoms with E-state index in [1.165, 1.54) is 5.56 Å². The maximum Gasteiger partial charge on any atom is 0.137 e. The van der Waals surface area contributed by atoms with Gasteiger partial charge in [-0.1, -0.05) is 31.5 Å². The molecule has 2 aromatic rings. The quantitative estimate of drug-likeness (QED) is 0.858. The van der Waals surface area contributed by atoms with Crippen molar-refractivity contribution < 1.29 is 9.15 Å². The van der Waals surface area contributed by atoms with Crippen molar-refractivity contribution in [2.75, 3.05) is 14.2 Å². The van der Waals surface area contributed by atoms with Gasteiger partial charge in [0.15, 0.2) is 0 Å². The highest BCUT2D eigenvalue weighted by molar-refractivity contribution is 5.81. The monoisotopic (exact) mass is 261 g/mol. The first kappa shape index (κ1) is 14.1. The van der Waals surface area contributed by atoms with Crippen molar-refractivity contribution >= 4 is 11.0 Å². The second kappa shape index (κ2) is 6.22. The molecule has 2 atom stereocenters. The summed E-state index contributed by atoms with van der Waals surface area (Å²) < 4.78 is 11.6. The number of methoxy groups -OCH3 is 1. The predicted molar refractivity (Wildman–Crippen MR) is 78.5 cm³/mol. The number of aryl methyl sites for hydroxylation is 1. The lowest BCUT2D eigenvalue weighted by Crippen LogP contribution is -2.30. The number of para-hydroxylation sites is 1. The van der Waals surface area contributed by atoms with Gasteiger partial charge in [-0.05, 0) is 32.0 Å². The van der Waals surface area contributed by atoms with Gasteiger partial charge in [-0.15, -0.1) is 0 Å². The van der Waals surface area contributed by atoms with Crippen LogP contribution in [0.15, 0.2) is 28.7 Å². The first-order valence-corrected chi connectivity index (χ1v) is 6.90. The van der Waals surface area contributed by atoms with Gasteiger partial charge in [0.05, 0.1) is 12.1 Å². The Kier molecular flexibility index (Phi) is 4.61. The van der Waals surface area contributed by atoms with Gasteiger partial charge in [-0.2, -0.15) is 0 Å². The molecule has 2 rings (SSSR count). The van der Waals surface area contributed by atoms with Gasteiger partial charge < -0.3 is 14.5 Å². The summed E-state index contributed by atoms with van der Waals surface area (Å²) in [4.78, 5) is 0. The first-order valence-electron chi connectivity index (χ1n) is 6.90. The SMILES string of the molecule is CCCC(OC)C(NC)c1cc2cccc(C)c2o1. The van der Waals surface area contributed by atoms with Crippen molar-refractivity contribution in [1.29, 1.82) is 0 Å². The molecule has 3 heteroatoms. The molecule has 0 bridgehead atoms. The lowest BCUT2D eigenvalue weighted by atomic mass is 10.0.